The van der Waals surface area contributed by atoms with Crippen LogP contribution >= 0.6 is 0 Å². The molecule has 0 N–H and O–H groups in total. The van der Waals surface area contributed by atoms with Crippen molar-refractivity contribution >= 4 is 5.97 Å². The number of carbonyl (C=O) groups excluding carboxylic acids is 1. The van der Waals surface area contributed by atoms with Crippen molar-refractivity contribution in [2.24, 2.45) is 0 Å². The molecule has 0 bridgehead atoms. The van der Waals surface area contributed by atoms with Crippen molar-refractivity contribution in [3.8, 4) is 0 Å². The van der Waals surface area contributed by atoms with Crippen LogP contribution in [0.4, 0.5) is 0 Å². The minimum Gasteiger partial charge on any atom is -0.469 e. The van der Waals surface area contributed by atoms with Gasteiger partial charge in [0.1, 0.15) is 0 Å². The van der Waals surface area contributed by atoms with Gasteiger partial charge in [0.05, 0.1) is 13.5 Å². The molecule has 0 aromatic carbocycles. The molecule has 1 saturated heterocycles. The van der Waals surface area contributed by atoms with Crippen LogP contribution in [0.2, 0.25) is 0 Å². The zero-order chi connectivity index (χ0) is 9.68. The fourth-order valence-corrected chi connectivity index (χ4v) is 1.49. The van der Waals surface area contributed by atoms with Crippen molar-refractivity contribution in [1.82, 2.24) is 10.2 Å². The van der Waals surface area contributed by atoms with Gasteiger partial charge in [-0.2, -0.15) is 0 Å². The van der Waals surface area contributed by atoms with Gasteiger partial charge < -0.3 is 9.64 Å². The number of ether oxygens (including phenoxy) is 1. The fourth-order valence-electron chi connectivity index (χ4n) is 1.49. The Morgan fingerprint density at radius 1 is 1.69 bits per heavy atom. The maximum absolute atomic E-state index is 11.0. The van der Waals surface area contributed by atoms with Crippen molar-refractivity contribution in [1.29, 1.82) is 0 Å². The van der Waals surface area contributed by atoms with Crippen LogP contribution in [0.3, 0.4) is 0 Å². The van der Waals surface area contributed by atoms with Crippen LogP contribution in [0.25, 0.3) is 0 Å². The predicted octanol–water partition coefficient (Wildman–Crippen LogP) is -0.142. The van der Waals surface area contributed by atoms with E-state index < -0.39 is 0 Å². The first-order chi connectivity index (χ1) is 6.24. The Labute approximate surface area is 79.2 Å². The van der Waals surface area contributed by atoms with Gasteiger partial charge in [0.15, 0.2) is 0 Å². The maximum Gasteiger partial charge on any atom is 0.307 e. The lowest BCUT2D eigenvalue weighted by Gasteiger charge is -2.23. The Bertz CT molecular complexity index is 173. The lowest BCUT2D eigenvalue weighted by molar-refractivity contribution is -0.141. The lowest BCUT2D eigenvalue weighted by atomic mass is 10.2. The van der Waals surface area contributed by atoms with Crippen LogP contribution in [-0.4, -0.2) is 50.7 Å². The number of nitrogens with zero attached hydrogens (tertiary/aromatic N) is 2. The summed E-state index contributed by atoms with van der Waals surface area (Å²) in [6.45, 7) is 2.69. The van der Waals surface area contributed by atoms with Gasteiger partial charge in [0.25, 0.3) is 0 Å². The van der Waals surface area contributed by atoms with Crippen molar-refractivity contribution in [3.63, 3.8) is 0 Å². The van der Waals surface area contributed by atoms with E-state index in [9.17, 15) is 4.79 Å². The van der Waals surface area contributed by atoms with E-state index in [2.05, 4.69) is 15.0 Å². The summed E-state index contributed by atoms with van der Waals surface area (Å²) in [6.07, 6.45) is 1.55. The van der Waals surface area contributed by atoms with Crippen molar-refractivity contribution in [3.05, 3.63) is 0 Å². The molecule has 1 radical (unpaired) electrons. The monoisotopic (exact) mass is 185 g/mol. The van der Waals surface area contributed by atoms with Gasteiger partial charge in [-0.15, -0.1) is 0 Å². The number of rotatable bonds is 2. The number of likely N-dealkylation sites (N-methyl/N-ethyl adjacent to an activating group) is 1. The van der Waals surface area contributed by atoms with Gasteiger partial charge in [0, 0.05) is 19.1 Å². The molecular weight excluding hydrogens is 168 g/mol. The zero-order valence-corrected chi connectivity index (χ0v) is 8.32. The molecule has 0 aromatic heterocycles. The highest BCUT2D eigenvalue weighted by atomic mass is 16.5. The molecule has 0 aromatic rings. The molecule has 75 valence electrons. The summed E-state index contributed by atoms with van der Waals surface area (Å²) in [5, 5.41) is 4.34. The quantitative estimate of drug-likeness (QED) is 0.562. The minimum atomic E-state index is -0.144. The SMILES string of the molecule is COC(=O)CC1C[N]CCCN1C. The van der Waals surface area contributed by atoms with Crippen LogP contribution in [-0.2, 0) is 9.53 Å². The Balaban J connectivity index is 2.40. The van der Waals surface area contributed by atoms with E-state index in [4.69, 9.17) is 0 Å². The third-order valence-electron chi connectivity index (χ3n) is 2.42. The smallest absolute Gasteiger partial charge is 0.307 e. The average molecular weight is 185 g/mol. The summed E-state index contributed by atoms with van der Waals surface area (Å²) in [6, 6.07) is 0.231. The maximum atomic E-state index is 11.0. The molecule has 0 saturated carbocycles. The van der Waals surface area contributed by atoms with Crippen LogP contribution in [0, 0.1) is 0 Å². The normalized spacial score (nSPS) is 25.2. The van der Waals surface area contributed by atoms with Gasteiger partial charge in [0.2, 0.25) is 0 Å². The van der Waals surface area contributed by atoms with Crippen molar-refractivity contribution in [2.75, 3.05) is 33.8 Å². The Hall–Kier alpha value is -0.610. The second-order valence-electron chi connectivity index (χ2n) is 3.40. The summed E-state index contributed by atoms with van der Waals surface area (Å²) < 4.78 is 4.63. The van der Waals surface area contributed by atoms with Gasteiger partial charge in [-0.1, -0.05) is 0 Å². The van der Waals surface area contributed by atoms with Crippen LogP contribution in [0.15, 0.2) is 0 Å². The first-order valence-electron chi connectivity index (χ1n) is 4.64. The summed E-state index contributed by atoms with van der Waals surface area (Å²) >= 11 is 0. The molecule has 0 amide bonds. The number of carbonyl (C=O) groups is 1. The molecule has 13 heavy (non-hydrogen) atoms. The molecular formula is C9H17N2O2. The predicted molar refractivity (Wildman–Crippen MR) is 49.5 cm³/mol. The summed E-state index contributed by atoms with van der Waals surface area (Å²) in [4.78, 5) is 13.2. The third-order valence-corrected chi connectivity index (χ3v) is 2.42. The van der Waals surface area contributed by atoms with E-state index in [1.165, 1.54) is 7.11 Å². The standard InChI is InChI=1S/C9H17N2O2/c1-11-5-3-4-10-7-8(11)6-9(12)13-2/h8H,3-7H2,1-2H3. The molecule has 1 heterocycles. The first-order valence-corrected chi connectivity index (χ1v) is 4.64. The Kier molecular flexibility index (Phi) is 4.18. The van der Waals surface area contributed by atoms with E-state index in [1.807, 2.05) is 7.05 Å². The lowest BCUT2D eigenvalue weighted by Crippen LogP contribution is -2.37. The Morgan fingerprint density at radius 2 is 2.46 bits per heavy atom. The highest BCUT2D eigenvalue weighted by Crippen LogP contribution is 2.06. The summed E-state index contributed by atoms with van der Waals surface area (Å²) in [5.74, 6) is -0.144. The second kappa shape index (κ2) is 5.19. The molecule has 1 aliphatic heterocycles. The molecule has 1 aliphatic rings. The van der Waals surface area contributed by atoms with E-state index in [0.717, 1.165) is 26.1 Å². The number of esters is 1. The number of methoxy groups -OCH3 is 1. The van der Waals surface area contributed by atoms with E-state index in [0.29, 0.717) is 6.42 Å². The second-order valence-corrected chi connectivity index (χ2v) is 3.40. The summed E-state index contributed by atoms with van der Waals surface area (Å²) in [5.41, 5.74) is 0. The minimum absolute atomic E-state index is 0.144. The molecule has 4 nitrogen and oxygen atoms in total. The van der Waals surface area contributed by atoms with Gasteiger partial charge in [-0.3, -0.25) is 4.79 Å². The number of hydrogen-bond donors (Lipinski definition) is 0. The first kappa shape index (κ1) is 10.5. The molecule has 1 rings (SSSR count). The molecule has 4 heteroatoms. The van der Waals surface area contributed by atoms with Crippen LogP contribution < -0.4 is 5.32 Å². The molecule has 0 spiro atoms. The van der Waals surface area contributed by atoms with E-state index >= 15 is 0 Å². The van der Waals surface area contributed by atoms with Crippen LogP contribution in [0.1, 0.15) is 12.8 Å². The topological polar surface area (TPSA) is 43.6 Å². The van der Waals surface area contributed by atoms with E-state index in [1.54, 1.807) is 0 Å². The van der Waals surface area contributed by atoms with Crippen LogP contribution in [0.5, 0.6) is 0 Å². The molecule has 1 unspecified atom stereocenters. The van der Waals surface area contributed by atoms with Gasteiger partial charge in [-0.25, -0.2) is 5.32 Å². The third kappa shape index (κ3) is 3.32. The van der Waals surface area contributed by atoms with Crippen molar-refractivity contribution in [2.45, 2.75) is 18.9 Å². The van der Waals surface area contributed by atoms with E-state index in [-0.39, 0.29) is 12.0 Å². The highest BCUT2D eigenvalue weighted by Gasteiger charge is 2.20. The Morgan fingerprint density at radius 3 is 3.15 bits per heavy atom. The largest absolute Gasteiger partial charge is 0.469 e. The molecule has 1 fully saturated rings. The zero-order valence-electron chi connectivity index (χ0n) is 8.32. The highest BCUT2D eigenvalue weighted by molar-refractivity contribution is 5.69. The van der Waals surface area contributed by atoms with Crippen molar-refractivity contribution < 1.29 is 9.53 Å². The van der Waals surface area contributed by atoms with Gasteiger partial charge >= 0.3 is 5.97 Å². The number of hydrogen-bond acceptors (Lipinski definition) is 3. The molecule has 0 aliphatic carbocycles. The summed E-state index contributed by atoms with van der Waals surface area (Å²) in [7, 11) is 3.46. The molecule has 1 atom stereocenters. The average Bonchev–Trinajstić information content (AvgIpc) is 2.32. The fraction of sp³-hybridized carbons (Fsp3) is 0.889. The van der Waals surface area contributed by atoms with Gasteiger partial charge in [-0.05, 0) is 20.0 Å².